The first-order valence-electron chi connectivity index (χ1n) is 9.58. The number of pyridine rings is 1. The number of aldehydes is 1. The molecular weight excluding hydrogens is 371 g/mol. The summed E-state index contributed by atoms with van der Waals surface area (Å²) in [6, 6.07) is 3.32. The molecule has 0 spiro atoms. The molecule has 0 bridgehead atoms. The monoisotopic (exact) mass is 396 g/mol. The number of aromatic nitrogens is 1. The normalized spacial score (nSPS) is 15.6. The number of urea groups is 1. The van der Waals surface area contributed by atoms with Gasteiger partial charge in [-0.05, 0) is 63.0 Å². The van der Waals surface area contributed by atoms with Gasteiger partial charge in [0.1, 0.15) is 17.7 Å². The molecule has 0 saturated carbocycles. The summed E-state index contributed by atoms with van der Waals surface area (Å²) in [6.45, 7) is 5.50. The van der Waals surface area contributed by atoms with Gasteiger partial charge in [0.25, 0.3) is 0 Å². The highest BCUT2D eigenvalue weighted by molar-refractivity contribution is 5.93. The molecule has 1 unspecified atom stereocenters. The fraction of sp³-hybridized carbons (Fsp3) is 0.364. The number of halogens is 1. The Morgan fingerprint density at radius 1 is 1.48 bits per heavy atom. The molecule has 152 valence electrons. The molecule has 0 saturated heterocycles. The molecule has 0 aromatic carbocycles. The van der Waals surface area contributed by atoms with E-state index in [2.05, 4.69) is 16.4 Å². The predicted octanol–water partition coefficient (Wildman–Crippen LogP) is 4.71. The summed E-state index contributed by atoms with van der Waals surface area (Å²) in [7, 11) is 0. The van der Waals surface area contributed by atoms with E-state index in [0.29, 0.717) is 42.8 Å². The fourth-order valence-corrected chi connectivity index (χ4v) is 3.01. The second kappa shape index (κ2) is 10.3. The van der Waals surface area contributed by atoms with Crippen LogP contribution >= 0.6 is 0 Å². The van der Waals surface area contributed by atoms with Crippen LogP contribution in [0, 0.1) is 11.3 Å². The van der Waals surface area contributed by atoms with Crippen molar-refractivity contribution in [3.8, 4) is 6.07 Å². The zero-order chi connectivity index (χ0) is 21.4. The molecule has 1 aliphatic rings. The van der Waals surface area contributed by atoms with Crippen LogP contribution in [-0.2, 0) is 6.42 Å². The van der Waals surface area contributed by atoms with Crippen molar-refractivity contribution in [2.45, 2.75) is 46.2 Å². The molecule has 2 rings (SSSR count). The Morgan fingerprint density at radius 2 is 2.24 bits per heavy atom. The van der Waals surface area contributed by atoms with E-state index in [4.69, 9.17) is 5.26 Å². The number of alkyl halides is 1. The minimum Gasteiger partial charge on any atom is -0.312 e. The van der Waals surface area contributed by atoms with Crippen molar-refractivity contribution in [1.82, 2.24) is 10.3 Å². The summed E-state index contributed by atoms with van der Waals surface area (Å²) in [5.41, 5.74) is 2.04. The molecule has 0 fully saturated rings. The van der Waals surface area contributed by atoms with Crippen LogP contribution in [-0.4, -0.2) is 23.8 Å². The van der Waals surface area contributed by atoms with Crippen molar-refractivity contribution in [2.24, 2.45) is 0 Å². The van der Waals surface area contributed by atoms with Gasteiger partial charge in [0.15, 0.2) is 6.29 Å². The average molecular weight is 396 g/mol. The van der Waals surface area contributed by atoms with Gasteiger partial charge in [-0.1, -0.05) is 13.0 Å². The Kier molecular flexibility index (Phi) is 7.84. The zero-order valence-corrected chi connectivity index (χ0v) is 16.9. The second-order valence-electron chi connectivity index (χ2n) is 6.76. The van der Waals surface area contributed by atoms with E-state index in [-0.39, 0.29) is 17.3 Å². The minimum absolute atomic E-state index is 0.00928. The number of rotatable bonds is 6. The number of nitrogens with one attached hydrogen (secondary N) is 1. The maximum absolute atomic E-state index is 13.8. The van der Waals surface area contributed by atoms with E-state index in [1.165, 1.54) is 11.8 Å². The van der Waals surface area contributed by atoms with Gasteiger partial charge >= 0.3 is 6.03 Å². The number of carbonyl (C=O) groups excluding carboxylic acids is 2. The number of anilines is 1. The van der Waals surface area contributed by atoms with Crippen LogP contribution in [0.5, 0.6) is 0 Å². The average Bonchev–Trinajstić information content (AvgIpc) is 2.72. The number of carbonyl (C=O) groups is 2. The number of amides is 2. The van der Waals surface area contributed by atoms with Crippen LogP contribution < -0.4 is 10.2 Å². The van der Waals surface area contributed by atoms with E-state index >= 15 is 0 Å². The first-order chi connectivity index (χ1) is 13.9. The Balaban J connectivity index is 2.24. The summed E-state index contributed by atoms with van der Waals surface area (Å²) in [4.78, 5) is 29.8. The van der Waals surface area contributed by atoms with Crippen molar-refractivity contribution in [3.63, 3.8) is 0 Å². The van der Waals surface area contributed by atoms with Crippen LogP contribution in [0.2, 0.25) is 0 Å². The lowest BCUT2D eigenvalue weighted by Crippen LogP contribution is -2.43. The maximum Gasteiger partial charge on any atom is 0.327 e. The van der Waals surface area contributed by atoms with E-state index in [0.717, 1.165) is 12.0 Å². The largest absolute Gasteiger partial charge is 0.327 e. The molecule has 7 heteroatoms. The molecule has 1 aromatic rings. The molecular formula is C22H25FN4O2. The fourth-order valence-electron chi connectivity index (χ4n) is 3.01. The van der Waals surface area contributed by atoms with E-state index in [1.807, 2.05) is 13.0 Å². The first kappa shape index (κ1) is 22.0. The number of nitrogens with zero attached hydrogens (tertiary/aromatic N) is 3. The van der Waals surface area contributed by atoms with Gasteiger partial charge in [-0.15, -0.1) is 0 Å². The standard InChI is InChI=1S/C22H25FN4O2/c1-4-5-7-17(13-24)10-9-15(2)25-22(29)27-11-6-8-18-12-19(16(3)23)20(14-28)26-21(18)27/h5,7,9-10,12,14,16H,4,6,8,11H2,1-3H3,(H,25,29)/b7-5+,15-9+,17-10+. The molecule has 1 aliphatic heterocycles. The molecule has 2 amide bonds. The Labute approximate surface area is 170 Å². The molecule has 6 nitrogen and oxygen atoms in total. The molecule has 0 radical (unpaired) electrons. The van der Waals surface area contributed by atoms with E-state index in [1.54, 1.807) is 31.2 Å². The first-order valence-corrected chi connectivity index (χ1v) is 9.58. The number of aryl methyl sites for hydroxylation is 1. The molecule has 1 aromatic heterocycles. The Morgan fingerprint density at radius 3 is 2.86 bits per heavy atom. The van der Waals surface area contributed by atoms with Crippen molar-refractivity contribution >= 4 is 18.1 Å². The van der Waals surface area contributed by atoms with Crippen molar-refractivity contribution in [3.05, 3.63) is 58.5 Å². The highest BCUT2D eigenvalue weighted by atomic mass is 19.1. The van der Waals surface area contributed by atoms with E-state index < -0.39 is 6.17 Å². The summed E-state index contributed by atoms with van der Waals surface area (Å²) < 4.78 is 13.8. The molecule has 1 atom stereocenters. The summed E-state index contributed by atoms with van der Waals surface area (Å²) >= 11 is 0. The lowest BCUT2D eigenvalue weighted by molar-refractivity contribution is 0.111. The van der Waals surface area contributed by atoms with Crippen molar-refractivity contribution in [2.75, 3.05) is 11.4 Å². The molecule has 1 N–H and O–H groups in total. The van der Waals surface area contributed by atoms with Crippen molar-refractivity contribution < 1.29 is 14.0 Å². The number of fused-ring (bicyclic) bond motifs is 1. The Bertz CT molecular complexity index is 910. The predicted molar refractivity (Wildman–Crippen MR) is 110 cm³/mol. The smallest absolute Gasteiger partial charge is 0.312 e. The minimum atomic E-state index is -1.31. The van der Waals surface area contributed by atoms with Crippen molar-refractivity contribution in [1.29, 1.82) is 5.26 Å². The van der Waals surface area contributed by atoms with Gasteiger partial charge in [-0.2, -0.15) is 5.26 Å². The third-order valence-corrected chi connectivity index (χ3v) is 4.49. The molecule has 2 heterocycles. The second-order valence-corrected chi connectivity index (χ2v) is 6.76. The lowest BCUT2D eigenvalue weighted by atomic mass is 10.0. The lowest BCUT2D eigenvalue weighted by Gasteiger charge is -2.29. The third kappa shape index (κ3) is 5.61. The van der Waals surface area contributed by atoms with Gasteiger partial charge in [-0.25, -0.2) is 14.2 Å². The summed E-state index contributed by atoms with van der Waals surface area (Å²) in [5, 5.41) is 11.9. The quantitative estimate of drug-likeness (QED) is 0.429. The van der Waals surface area contributed by atoms with Gasteiger partial charge in [0, 0.05) is 17.8 Å². The van der Waals surface area contributed by atoms with Crippen LogP contribution in [0.3, 0.4) is 0 Å². The van der Waals surface area contributed by atoms with Gasteiger partial charge < -0.3 is 5.32 Å². The number of allylic oxidation sites excluding steroid dienone is 6. The van der Waals surface area contributed by atoms with Crippen LogP contribution in [0.25, 0.3) is 0 Å². The Hall–Kier alpha value is -3.27. The van der Waals surface area contributed by atoms with Gasteiger partial charge in [0.2, 0.25) is 0 Å². The van der Waals surface area contributed by atoms with Gasteiger partial charge in [-0.3, -0.25) is 9.69 Å². The molecule has 0 aliphatic carbocycles. The topological polar surface area (TPSA) is 86.1 Å². The summed E-state index contributed by atoms with van der Waals surface area (Å²) in [6.07, 6.45) is 8.29. The van der Waals surface area contributed by atoms with E-state index in [9.17, 15) is 14.0 Å². The SMILES string of the molecule is CC/C=C/C(C#N)=C\C=C(/C)NC(=O)N1CCCc2cc(C(C)F)c(C=O)nc21. The van der Waals surface area contributed by atoms with Crippen LogP contribution in [0.4, 0.5) is 15.0 Å². The maximum atomic E-state index is 13.8. The molecule has 29 heavy (non-hydrogen) atoms. The van der Waals surface area contributed by atoms with Gasteiger partial charge in [0.05, 0.1) is 11.6 Å². The number of hydrogen-bond acceptors (Lipinski definition) is 4. The summed E-state index contributed by atoms with van der Waals surface area (Å²) in [5.74, 6) is 0.382. The van der Waals surface area contributed by atoms with Crippen LogP contribution in [0.15, 0.2) is 41.6 Å². The number of hydrogen-bond donors (Lipinski definition) is 1. The zero-order valence-electron chi connectivity index (χ0n) is 16.9. The number of nitriles is 1. The van der Waals surface area contributed by atoms with Crippen LogP contribution in [0.1, 0.15) is 61.4 Å². The highest BCUT2D eigenvalue weighted by Gasteiger charge is 2.26. The highest BCUT2D eigenvalue weighted by Crippen LogP contribution is 2.30. The third-order valence-electron chi connectivity index (χ3n) is 4.49.